The van der Waals surface area contributed by atoms with Crippen LogP contribution in [0.2, 0.25) is 5.02 Å². The highest BCUT2D eigenvalue weighted by molar-refractivity contribution is 7.89. The number of hydrogen-bond donors (Lipinski definition) is 2. The molecule has 3 atom stereocenters. The molecular formula is C20H31ClN3O3S+. The number of nitrogens with one attached hydrogen (secondary N) is 2. The van der Waals surface area contributed by atoms with Gasteiger partial charge in [-0.25, -0.2) is 8.42 Å². The van der Waals surface area contributed by atoms with Crippen LogP contribution < -0.4 is 10.2 Å². The molecule has 1 saturated carbocycles. The van der Waals surface area contributed by atoms with Gasteiger partial charge in [-0.1, -0.05) is 50.4 Å². The van der Waals surface area contributed by atoms with Crippen LogP contribution in [0, 0.1) is 11.8 Å². The van der Waals surface area contributed by atoms with Gasteiger partial charge in [-0.3, -0.25) is 4.79 Å². The highest BCUT2D eigenvalue weighted by atomic mass is 35.5. The van der Waals surface area contributed by atoms with Crippen molar-refractivity contribution in [3.63, 3.8) is 0 Å². The van der Waals surface area contributed by atoms with Gasteiger partial charge in [-0.2, -0.15) is 4.31 Å². The molecule has 1 aliphatic carbocycles. The maximum absolute atomic E-state index is 12.8. The van der Waals surface area contributed by atoms with Crippen LogP contribution in [0.25, 0.3) is 0 Å². The van der Waals surface area contributed by atoms with Crippen molar-refractivity contribution in [1.82, 2.24) is 9.62 Å². The molecule has 1 aliphatic heterocycles. The van der Waals surface area contributed by atoms with E-state index in [0.717, 1.165) is 11.3 Å². The predicted molar refractivity (Wildman–Crippen MR) is 110 cm³/mol. The lowest BCUT2D eigenvalue weighted by Crippen LogP contribution is -3.15. The van der Waals surface area contributed by atoms with Crippen LogP contribution in [0.1, 0.15) is 33.1 Å². The summed E-state index contributed by atoms with van der Waals surface area (Å²) >= 11 is 6.08. The number of sulfonamides is 1. The summed E-state index contributed by atoms with van der Waals surface area (Å²) in [5, 5.41) is 3.46. The van der Waals surface area contributed by atoms with E-state index in [1.54, 1.807) is 18.2 Å². The van der Waals surface area contributed by atoms with Crippen LogP contribution in [-0.2, 0) is 14.8 Å². The van der Waals surface area contributed by atoms with Gasteiger partial charge in [0.25, 0.3) is 5.91 Å². The second-order valence-corrected chi connectivity index (χ2v) is 10.5. The van der Waals surface area contributed by atoms with Crippen molar-refractivity contribution < 1.29 is 18.1 Å². The third kappa shape index (κ3) is 4.87. The van der Waals surface area contributed by atoms with Gasteiger partial charge in [0.1, 0.15) is 4.90 Å². The van der Waals surface area contributed by atoms with Gasteiger partial charge in [-0.05, 0) is 30.4 Å². The van der Waals surface area contributed by atoms with Crippen molar-refractivity contribution >= 4 is 27.5 Å². The number of amides is 1. The molecule has 1 saturated heterocycles. The zero-order valence-electron chi connectivity index (χ0n) is 16.7. The summed E-state index contributed by atoms with van der Waals surface area (Å²) in [7, 11) is -3.59. The number of benzene rings is 1. The Kier molecular flexibility index (Phi) is 7.02. The van der Waals surface area contributed by atoms with Crippen molar-refractivity contribution in [1.29, 1.82) is 0 Å². The minimum atomic E-state index is -3.59. The quantitative estimate of drug-likeness (QED) is 0.739. The number of hydrogen-bond acceptors (Lipinski definition) is 3. The van der Waals surface area contributed by atoms with E-state index in [1.165, 1.54) is 23.2 Å². The summed E-state index contributed by atoms with van der Waals surface area (Å²) in [6.45, 7) is 6.91. The lowest BCUT2D eigenvalue weighted by atomic mass is 9.78. The first-order valence-corrected chi connectivity index (χ1v) is 12.0. The molecule has 0 bridgehead atoms. The summed E-state index contributed by atoms with van der Waals surface area (Å²) < 4.78 is 27.1. The summed E-state index contributed by atoms with van der Waals surface area (Å²) in [4.78, 5) is 13.8. The second kappa shape index (κ2) is 9.11. The fraction of sp³-hybridized carbons (Fsp3) is 0.650. The molecule has 1 aromatic rings. The molecule has 2 fully saturated rings. The molecule has 8 heteroatoms. The Labute approximate surface area is 173 Å². The van der Waals surface area contributed by atoms with Crippen LogP contribution in [0.4, 0.5) is 0 Å². The smallest absolute Gasteiger partial charge is 0.275 e. The average molecular weight is 429 g/mol. The molecule has 156 valence electrons. The maximum atomic E-state index is 12.8. The number of carbonyl (C=O) groups is 1. The summed E-state index contributed by atoms with van der Waals surface area (Å²) in [6.07, 6.45) is 3.46. The highest BCUT2D eigenvalue weighted by Gasteiger charge is 2.33. The minimum absolute atomic E-state index is 0.0726. The summed E-state index contributed by atoms with van der Waals surface area (Å²) in [5.41, 5.74) is 0. The van der Waals surface area contributed by atoms with E-state index in [9.17, 15) is 13.2 Å². The Morgan fingerprint density at radius 3 is 2.57 bits per heavy atom. The van der Waals surface area contributed by atoms with E-state index in [0.29, 0.717) is 44.6 Å². The fourth-order valence-corrected chi connectivity index (χ4v) is 6.22. The normalized spacial score (nSPS) is 27.5. The molecule has 3 rings (SSSR count). The Hall–Kier alpha value is -1.15. The van der Waals surface area contributed by atoms with Crippen molar-refractivity contribution in [3.05, 3.63) is 29.3 Å². The van der Waals surface area contributed by atoms with Gasteiger partial charge < -0.3 is 10.2 Å². The monoisotopic (exact) mass is 428 g/mol. The van der Waals surface area contributed by atoms with Crippen molar-refractivity contribution in [2.24, 2.45) is 11.8 Å². The Balaban J connectivity index is 1.51. The zero-order valence-corrected chi connectivity index (χ0v) is 18.2. The van der Waals surface area contributed by atoms with Crippen molar-refractivity contribution in [3.8, 4) is 0 Å². The number of piperazine rings is 1. The van der Waals surface area contributed by atoms with Gasteiger partial charge in [0.05, 0.1) is 31.2 Å². The lowest BCUT2D eigenvalue weighted by molar-refractivity contribution is -0.895. The van der Waals surface area contributed by atoms with Crippen LogP contribution >= 0.6 is 11.6 Å². The van der Waals surface area contributed by atoms with Crippen LogP contribution in [-0.4, -0.2) is 57.4 Å². The zero-order chi connectivity index (χ0) is 20.3. The topological polar surface area (TPSA) is 70.9 Å². The van der Waals surface area contributed by atoms with Gasteiger partial charge in [0.2, 0.25) is 10.0 Å². The Morgan fingerprint density at radius 2 is 1.89 bits per heavy atom. The first-order valence-electron chi connectivity index (χ1n) is 10.2. The molecule has 2 N–H and O–H groups in total. The number of quaternary nitrogens is 1. The largest absolute Gasteiger partial charge is 0.348 e. The maximum Gasteiger partial charge on any atom is 0.275 e. The molecule has 1 amide bonds. The molecule has 0 spiro atoms. The first-order chi connectivity index (χ1) is 13.3. The molecule has 0 unspecified atom stereocenters. The van der Waals surface area contributed by atoms with Gasteiger partial charge in [0, 0.05) is 6.04 Å². The standard InChI is InChI=1S/C20H30ClN3O3S/c1-15-6-5-8-18(16(15)2)22-20(25)14-23-10-12-24(13-11-23)28(26,27)19-9-4-3-7-17(19)21/h3-4,7,9,15-16,18H,5-6,8,10-14H2,1-2H3,(H,22,25)/p+1/t15-,16+,18+/m0/s1. The van der Waals surface area contributed by atoms with Crippen LogP contribution in [0.3, 0.4) is 0 Å². The van der Waals surface area contributed by atoms with E-state index < -0.39 is 10.0 Å². The van der Waals surface area contributed by atoms with E-state index in [-0.39, 0.29) is 21.9 Å². The molecular weight excluding hydrogens is 398 g/mol. The lowest BCUT2D eigenvalue weighted by Gasteiger charge is -2.35. The van der Waals surface area contributed by atoms with E-state index in [1.807, 2.05) is 0 Å². The second-order valence-electron chi connectivity index (χ2n) is 8.20. The van der Waals surface area contributed by atoms with Crippen LogP contribution in [0.5, 0.6) is 0 Å². The summed E-state index contributed by atoms with van der Waals surface area (Å²) in [5.74, 6) is 1.22. The van der Waals surface area contributed by atoms with Crippen LogP contribution in [0.15, 0.2) is 29.2 Å². The number of nitrogens with zero attached hydrogens (tertiary/aromatic N) is 1. The van der Waals surface area contributed by atoms with Gasteiger partial charge >= 0.3 is 0 Å². The van der Waals surface area contributed by atoms with Gasteiger partial charge in [0.15, 0.2) is 6.54 Å². The number of carbonyl (C=O) groups excluding carboxylic acids is 1. The van der Waals surface area contributed by atoms with E-state index in [4.69, 9.17) is 11.6 Å². The average Bonchev–Trinajstić information content (AvgIpc) is 2.66. The number of halogens is 1. The minimum Gasteiger partial charge on any atom is -0.348 e. The molecule has 1 aromatic carbocycles. The predicted octanol–water partition coefficient (Wildman–Crippen LogP) is 1.17. The third-order valence-electron chi connectivity index (χ3n) is 6.35. The van der Waals surface area contributed by atoms with Crippen molar-refractivity contribution in [2.75, 3.05) is 32.7 Å². The third-order valence-corrected chi connectivity index (χ3v) is 8.75. The van der Waals surface area contributed by atoms with Crippen molar-refractivity contribution in [2.45, 2.75) is 44.0 Å². The van der Waals surface area contributed by atoms with Gasteiger partial charge in [-0.15, -0.1) is 0 Å². The highest BCUT2D eigenvalue weighted by Crippen LogP contribution is 2.29. The molecule has 2 aliphatic rings. The number of rotatable bonds is 5. The molecule has 0 radical (unpaired) electrons. The Bertz CT molecular complexity index is 794. The Morgan fingerprint density at radius 1 is 1.21 bits per heavy atom. The summed E-state index contributed by atoms with van der Waals surface area (Å²) in [6, 6.07) is 6.79. The van der Waals surface area contributed by atoms with E-state index in [2.05, 4.69) is 19.2 Å². The fourth-order valence-electron chi connectivity index (χ4n) is 4.28. The SMILES string of the molecule is C[C@@H]1[C@@H](C)CCC[C@H]1NC(=O)C[NH+]1CCN(S(=O)(=O)c2ccccc2Cl)CC1. The first kappa shape index (κ1) is 21.6. The molecule has 6 nitrogen and oxygen atoms in total. The van der Waals surface area contributed by atoms with E-state index >= 15 is 0 Å². The molecule has 1 heterocycles. The molecule has 28 heavy (non-hydrogen) atoms. The molecule has 0 aromatic heterocycles.